The molecule has 10 heteroatoms. The van der Waals surface area contributed by atoms with Crippen molar-refractivity contribution in [3.63, 3.8) is 0 Å². The third-order valence-electron chi connectivity index (χ3n) is 4.56. The number of amides is 1. The summed E-state index contributed by atoms with van der Waals surface area (Å²) in [5.74, 6) is -1.27. The van der Waals surface area contributed by atoms with Gasteiger partial charge in [-0.05, 0) is 58.8 Å². The average molecular weight is 528 g/mol. The summed E-state index contributed by atoms with van der Waals surface area (Å²) < 4.78 is 1.96. The minimum absolute atomic E-state index is 0. The number of aryl methyl sites for hydroxylation is 1. The number of nitrogens with one attached hydrogen (secondary N) is 1. The van der Waals surface area contributed by atoms with E-state index in [-0.39, 0.29) is 25.9 Å². The van der Waals surface area contributed by atoms with Crippen molar-refractivity contribution >= 4 is 76.1 Å². The molecule has 0 aliphatic carbocycles. The van der Waals surface area contributed by atoms with E-state index in [1.807, 2.05) is 47.8 Å². The summed E-state index contributed by atoms with van der Waals surface area (Å²) in [4.78, 5) is 25.0. The molecule has 0 spiro atoms. The SMILES string of the molecule is Cc1nn(PI)c2cc(Nc3cccc4c3C(=O)N(CC(=O)O)C4)ccc12.S. The Morgan fingerprint density at radius 2 is 2.14 bits per heavy atom. The Bertz CT molecular complexity index is 1090. The van der Waals surface area contributed by atoms with Crippen LogP contribution in [0.15, 0.2) is 36.4 Å². The molecule has 146 valence electrons. The maximum atomic E-state index is 12.7. The van der Waals surface area contributed by atoms with Crippen LogP contribution in [0, 0.1) is 6.92 Å². The Balaban J connectivity index is 0.00000225. The molecule has 4 rings (SSSR count). The largest absolute Gasteiger partial charge is 0.480 e. The predicted molar refractivity (Wildman–Crippen MR) is 125 cm³/mol. The highest BCUT2D eigenvalue weighted by atomic mass is 127. The number of carbonyl (C=O) groups excluding carboxylic acids is 1. The van der Waals surface area contributed by atoms with E-state index in [4.69, 9.17) is 5.11 Å². The van der Waals surface area contributed by atoms with Crippen LogP contribution >= 0.6 is 41.9 Å². The maximum Gasteiger partial charge on any atom is 0.323 e. The molecule has 2 N–H and O–H groups in total. The molecule has 0 saturated carbocycles. The lowest BCUT2D eigenvalue weighted by molar-refractivity contribution is -0.137. The smallest absolute Gasteiger partial charge is 0.323 e. The number of aromatic nitrogens is 2. The molecule has 7 nitrogen and oxygen atoms in total. The first-order valence-electron chi connectivity index (χ1n) is 8.24. The van der Waals surface area contributed by atoms with E-state index in [2.05, 4.69) is 32.5 Å². The van der Waals surface area contributed by atoms with E-state index in [9.17, 15) is 9.59 Å². The third kappa shape index (κ3) is 3.70. The van der Waals surface area contributed by atoms with Crippen molar-refractivity contribution in [1.82, 2.24) is 14.5 Å². The Morgan fingerprint density at radius 1 is 1.36 bits per heavy atom. The zero-order valence-electron chi connectivity index (χ0n) is 14.9. The molecule has 2 aromatic carbocycles. The molecule has 3 aromatic rings. The second-order valence-electron chi connectivity index (χ2n) is 6.33. The van der Waals surface area contributed by atoms with Crippen LogP contribution in [0.1, 0.15) is 21.6 Å². The Hall–Kier alpha value is -1.84. The van der Waals surface area contributed by atoms with Crippen molar-refractivity contribution in [1.29, 1.82) is 0 Å². The van der Waals surface area contributed by atoms with Gasteiger partial charge in [0.2, 0.25) is 0 Å². The molecule has 1 aliphatic heterocycles. The standard InChI is InChI=1S/C18H16IN4O3P.H2S/c1-10-13-6-5-12(7-15(13)23(21-10)27-19)20-14-4-2-3-11-8-22(9-16(24)25)18(26)17(11)14;/h2-7,20,27H,8-9H2,1H3,(H,24,25);1H2. The lowest BCUT2D eigenvalue weighted by atomic mass is 10.1. The van der Waals surface area contributed by atoms with E-state index < -0.39 is 5.97 Å². The highest BCUT2D eigenvalue weighted by molar-refractivity contribution is 14.2. The van der Waals surface area contributed by atoms with Gasteiger partial charge in [-0.1, -0.05) is 12.1 Å². The first-order valence-corrected chi connectivity index (χ1v) is 12.3. The normalized spacial score (nSPS) is 13.2. The van der Waals surface area contributed by atoms with E-state index in [1.165, 1.54) is 4.90 Å². The fraction of sp³-hybridized carbons (Fsp3) is 0.167. The van der Waals surface area contributed by atoms with Gasteiger partial charge in [0.1, 0.15) is 6.54 Å². The number of nitrogens with zero attached hydrogens (tertiary/aromatic N) is 3. The average Bonchev–Trinajstić information content (AvgIpc) is 3.12. The molecule has 0 radical (unpaired) electrons. The number of benzene rings is 2. The number of rotatable bonds is 5. The van der Waals surface area contributed by atoms with Gasteiger partial charge in [0, 0.05) is 17.6 Å². The van der Waals surface area contributed by atoms with Crippen LogP contribution in [-0.2, 0) is 11.3 Å². The molecule has 0 fully saturated rings. The number of carbonyl (C=O) groups is 2. The summed E-state index contributed by atoms with van der Waals surface area (Å²) >= 11 is 2.30. The summed E-state index contributed by atoms with van der Waals surface area (Å²) in [5, 5.41) is 18.0. The molecule has 2 heterocycles. The number of aliphatic carboxylic acids is 1. The molecule has 1 atom stereocenters. The van der Waals surface area contributed by atoms with Crippen molar-refractivity contribution in [3.05, 3.63) is 53.2 Å². The van der Waals surface area contributed by atoms with Crippen LogP contribution in [0.4, 0.5) is 11.4 Å². The highest BCUT2D eigenvalue weighted by Crippen LogP contribution is 2.34. The van der Waals surface area contributed by atoms with E-state index in [0.29, 0.717) is 24.2 Å². The molecule has 28 heavy (non-hydrogen) atoms. The van der Waals surface area contributed by atoms with Crippen molar-refractivity contribution in [2.75, 3.05) is 11.9 Å². The number of halogens is 1. The van der Waals surface area contributed by atoms with Crippen LogP contribution in [0.5, 0.6) is 0 Å². The number of hydrogen-bond donors (Lipinski definition) is 2. The Morgan fingerprint density at radius 3 is 2.86 bits per heavy atom. The topological polar surface area (TPSA) is 87.5 Å². The van der Waals surface area contributed by atoms with E-state index in [0.717, 1.165) is 27.8 Å². The maximum absolute atomic E-state index is 12.7. The summed E-state index contributed by atoms with van der Waals surface area (Å²) in [6, 6.07) is 11.6. The van der Waals surface area contributed by atoms with Crippen LogP contribution in [0.2, 0.25) is 0 Å². The number of anilines is 2. The minimum atomic E-state index is -1.01. The van der Waals surface area contributed by atoms with Gasteiger partial charge < -0.3 is 15.3 Å². The van der Waals surface area contributed by atoms with Gasteiger partial charge in [0.15, 0.2) is 0 Å². The van der Waals surface area contributed by atoms with Gasteiger partial charge in [0.25, 0.3) is 5.91 Å². The zero-order chi connectivity index (χ0) is 19.1. The molecule has 1 aliphatic rings. The summed E-state index contributed by atoms with van der Waals surface area (Å²) in [5.41, 5.74) is 4.94. The van der Waals surface area contributed by atoms with Gasteiger partial charge in [0.05, 0.1) is 28.8 Å². The van der Waals surface area contributed by atoms with Crippen molar-refractivity contribution in [2.24, 2.45) is 0 Å². The summed E-state index contributed by atoms with van der Waals surface area (Å²) in [6.07, 6.45) is 0.496. The van der Waals surface area contributed by atoms with Crippen LogP contribution in [-0.4, -0.2) is 38.0 Å². The van der Waals surface area contributed by atoms with Crippen molar-refractivity contribution < 1.29 is 14.7 Å². The van der Waals surface area contributed by atoms with Gasteiger partial charge in [-0.3, -0.25) is 9.59 Å². The summed E-state index contributed by atoms with van der Waals surface area (Å²) in [6.45, 7) is 2.01. The third-order valence-corrected chi connectivity index (χ3v) is 6.44. The lowest BCUT2D eigenvalue weighted by Gasteiger charge is -2.13. The minimum Gasteiger partial charge on any atom is -0.480 e. The first kappa shape index (κ1) is 20.9. The van der Waals surface area contributed by atoms with Crippen LogP contribution in [0.3, 0.4) is 0 Å². The van der Waals surface area contributed by atoms with Crippen LogP contribution in [0.25, 0.3) is 10.9 Å². The molecule has 1 unspecified atom stereocenters. The molecular weight excluding hydrogens is 510 g/mol. The van der Waals surface area contributed by atoms with E-state index >= 15 is 0 Å². The van der Waals surface area contributed by atoms with Crippen molar-refractivity contribution in [3.8, 4) is 0 Å². The molecular formula is C18H18IN4O3PS. The van der Waals surface area contributed by atoms with Gasteiger partial charge >= 0.3 is 5.97 Å². The highest BCUT2D eigenvalue weighted by Gasteiger charge is 2.31. The quantitative estimate of drug-likeness (QED) is 0.386. The fourth-order valence-corrected chi connectivity index (χ4v) is 4.95. The summed E-state index contributed by atoms with van der Waals surface area (Å²) in [7, 11) is 0. The molecule has 0 saturated heterocycles. The van der Waals surface area contributed by atoms with Crippen molar-refractivity contribution in [2.45, 2.75) is 13.5 Å². The number of hydrogen-bond acceptors (Lipinski definition) is 4. The Labute approximate surface area is 183 Å². The second-order valence-corrected chi connectivity index (χ2v) is 8.37. The monoisotopic (exact) mass is 528 g/mol. The van der Waals surface area contributed by atoms with Gasteiger partial charge in [-0.25, -0.2) is 4.45 Å². The van der Waals surface area contributed by atoms with Gasteiger partial charge in [-0.2, -0.15) is 18.6 Å². The lowest BCUT2D eigenvalue weighted by Crippen LogP contribution is -2.30. The Kier molecular flexibility index (Phi) is 6.16. The van der Waals surface area contributed by atoms with E-state index in [1.54, 1.807) is 0 Å². The number of carboxylic acids is 1. The predicted octanol–water partition coefficient (Wildman–Crippen LogP) is 4.03. The van der Waals surface area contributed by atoms with Crippen LogP contribution < -0.4 is 5.32 Å². The number of carboxylic acid groups (broad SMARTS) is 1. The number of fused-ring (bicyclic) bond motifs is 2. The molecule has 1 amide bonds. The van der Waals surface area contributed by atoms with Gasteiger partial charge in [-0.15, -0.1) is 0 Å². The second kappa shape index (κ2) is 8.26. The molecule has 1 aromatic heterocycles. The molecule has 0 bridgehead atoms. The first-order chi connectivity index (χ1) is 13.0. The fourth-order valence-electron chi connectivity index (χ4n) is 3.38. The zero-order valence-corrected chi connectivity index (χ0v) is 19.0.